The van der Waals surface area contributed by atoms with Gasteiger partial charge >= 0.3 is 18.2 Å². The van der Waals surface area contributed by atoms with Crippen LogP contribution in [-0.2, 0) is 41.5 Å². The van der Waals surface area contributed by atoms with Crippen LogP contribution in [0.2, 0.25) is 10.0 Å². The van der Waals surface area contributed by atoms with Gasteiger partial charge in [0.15, 0.2) is 0 Å². The summed E-state index contributed by atoms with van der Waals surface area (Å²) in [4.78, 5) is 51.6. The Morgan fingerprint density at radius 2 is 1.08 bits per heavy atom. The third kappa shape index (κ3) is 24.2. The Balaban J connectivity index is 0.000000853. The Kier molecular flexibility index (Phi) is 21.3. The lowest BCUT2D eigenvalue weighted by Crippen LogP contribution is -2.43. The summed E-state index contributed by atoms with van der Waals surface area (Å²) in [5.74, 6) is -1.22. The van der Waals surface area contributed by atoms with E-state index in [0.29, 0.717) is 22.9 Å². The molecule has 0 radical (unpaired) electrons. The molecule has 0 aromatic heterocycles. The molecule has 3 N–H and O–H groups in total. The van der Waals surface area contributed by atoms with Crippen molar-refractivity contribution in [2.24, 2.45) is 0 Å². The molecule has 0 unspecified atom stereocenters. The number of alkyl carbamates (subject to hydrolysis) is 2. The first-order valence-electron chi connectivity index (χ1n) is 15.7. The van der Waals surface area contributed by atoms with E-state index < -0.39 is 41.4 Å². The molecule has 0 aliphatic heterocycles. The van der Waals surface area contributed by atoms with Crippen LogP contribution in [-0.4, -0.2) is 85.4 Å². The Labute approximate surface area is 300 Å². The average molecular weight is 731 g/mol. The lowest BCUT2D eigenvalue weighted by molar-refractivity contribution is -0.169. The van der Waals surface area contributed by atoms with E-state index in [-0.39, 0.29) is 18.7 Å². The van der Waals surface area contributed by atoms with Gasteiger partial charge in [-0.1, -0.05) is 47.5 Å². The molecular formula is C35H53Cl2N3O9. The van der Waals surface area contributed by atoms with Crippen molar-refractivity contribution in [2.45, 2.75) is 97.4 Å². The fourth-order valence-electron chi connectivity index (χ4n) is 3.76. The van der Waals surface area contributed by atoms with E-state index in [1.54, 1.807) is 85.1 Å². The third-order valence-electron chi connectivity index (χ3n) is 5.99. The van der Waals surface area contributed by atoms with E-state index >= 15 is 0 Å². The van der Waals surface area contributed by atoms with Crippen LogP contribution in [0.4, 0.5) is 9.59 Å². The number of ether oxygens (including phenoxy) is 3. The van der Waals surface area contributed by atoms with Gasteiger partial charge in [0, 0.05) is 49.3 Å². The highest BCUT2D eigenvalue weighted by Gasteiger charge is 2.24. The van der Waals surface area contributed by atoms with Gasteiger partial charge in [0.05, 0.1) is 13.5 Å². The summed E-state index contributed by atoms with van der Waals surface area (Å²) in [5.41, 5.74) is 0.607. The van der Waals surface area contributed by atoms with E-state index in [4.69, 9.17) is 42.6 Å². The summed E-state index contributed by atoms with van der Waals surface area (Å²) in [6, 6.07) is 13.3. The summed E-state index contributed by atoms with van der Waals surface area (Å²) in [6.07, 6.45) is -0.409. The van der Waals surface area contributed by atoms with Crippen LogP contribution in [0.25, 0.3) is 0 Å². The predicted octanol–water partition coefficient (Wildman–Crippen LogP) is 7.09. The standard InChI is InChI=1S/C17H25ClN2O4.C15H20ClNO4.C3H8O/c1-17(2,3)24-16(22)19-14(11-15(21)20(4)23-5)10-12-6-8-13(18)9-7-12;1-15(2,3)21-14(20)17-12(9-13(18)19)8-10-4-6-11(16)7-5-10;1-3-4-2/h6-9,14H,10-11H2,1-5H3,(H,19,22);4-7,12H,8-9H2,1-3H3,(H,17,20)(H,18,19);3H2,1-2H3/t14-;12-;/m00./s1. The number of nitrogens with zero attached hydrogens (tertiary/aromatic N) is 1. The van der Waals surface area contributed by atoms with Crippen LogP contribution >= 0.6 is 23.2 Å². The number of carbonyl (C=O) groups excluding carboxylic acids is 3. The largest absolute Gasteiger partial charge is 0.481 e. The van der Waals surface area contributed by atoms with Gasteiger partial charge in [0.25, 0.3) is 0 Å². The number of nitrogens with one attached hydrogen (secondary N) is 2. The van der Waals surface area contributed by atoms with E-state index in [9.17, 15) is 19.2 Å². The molecule has 276 valence electrons. The maximum Gasteiger partial charge on any atom is 0.407 e. The van der Waals surface area contributed by atoms with Crippen molar-refractivity contribution in [3.63, 3.8) is 0 Å². The first-order chi connectivity index (χ1) is 22.7. The highest BCUT2D eigenvalue weighted by atomic mass is 35.5. The van der Waals surface area contributed by atoms with Gasteiger partial charge in [-0.3, -0.25) is 14.4 Å². The first-order valence-corrected chi connectivity index (χ1v) is 16.4. The minimum Gasteiger partial charge on any atom is -0.481 e. The van der Waals surface area contributed by atoms with Crippen LogP contribution in [0.3, 0.4) is 0 Å². The van der Waals surface area contributed by atoms with Gasteiger partial charge in [-0.05, 0) is 96.7 Å². The van der Waals surface area contributed by atoms with E-state index in [1.165, 1.54) is 14.2 Å². The number of carboxylic acid groups (broad SMARTS) is 1. The molecule has 0 bridgehead atoms. The molecule has 0 aliphatic carbocycles. The zero-order valence-corrected chi connectivity index (χ0v) is 31.7. The molecule has 0 heterocycles. The minimum atomic E-state index is -0.981. The number of carboxylic acids is 1. The summed E-state index contributed by atoms with van der Waals surface area (Å²) >= 11 is 11.7. The highest BCUT2D eigenvalue weighted by Crippen LogP contribution is 2.15. The fourth-order valence-corrected chi connectivity index (χ4v) is 4.01. The Morgan fingerprint density at radius 1 is 0.735 bits per heavy atom. The van der Waals surface area contributed by atoms with Crippen LogP contribution in [0, 0.1) is 0 Å². The van der Waals surface area contributed by atoms with Crippen LogP contribution in [0.15, 0.2) is 48.5 Å². The maximum absolute atomic E-state index is 12.1. The molecule has 2 aromatic carbocycles. The molecule has 12 nitrogen and oxygen atoms in total. The van der Waals surface area contributed by atoms with Crippen molar-refractivity contribution < 1.29 is 43.3 Å². The number of methoxy groups -OCH3 is 1. The molecule has 2 atom stereocenters. The summed E-state index contributed by atoms with van der Waals surface area (Å²) in [7, 11) is 4.61. The zero-order valence-electron chi connectivity index (χ0n) is 30.2. The number of hydrogen-bond acceptors (Lipinski definition) is 8. The zero-order chi connectivity index (χ0) is 37.8. The van der Waals surface area contributed by atoms with Gasteiger partial charge in [-0.2, -0.15) is 0 Å². The SMILES string of the molecule is CC(C)(C)OC(=O)N[C@H](CC(=O)O)Cc1ccc(Cl)cc1.CCOC.CON(C)C(=O)C[C@H](Cc1ccc(Cl)cc1)NC(=O)OC(C)(C)C. The van der Waals surface area contributed by atoms with Crippen molar-refractivity contribution in [2.75, 3.05) is 27.9 Å². The molecular weight excluding hydrogens is 677 g/mol. The average Bonchev–Trinajstić information content (AvgIpc) is 2.97. The Hall–Kier alpha value is -3.58. The molecule has 0 aliphatic rings. The molecule has 49 heavy (non-hydrogen) atoms. The van der Waals surface area contributed by atoms with Crippen molar-refractivity contribution >= 4 is 47.3 Å². The van der Waals surface area contributed by atoms with E-state index in [0.717, 1.165) is 22.8 Å². The highest BCUT2D eigenvalue weighted by molar-refractivity contribution is 6.30. The van der Waals surface area contributed by atoms with Crippen LogP contribution in [0.1, 0.15) is 72.4 Å². The third-order valence-corrected chi connectivity index (χ3v) is 6.49. The van der Waals surface area contributed by atoms with Crippen molar-refractivity contribution in [1.29, 1.82) is 0 Å². The molecule has 0 spiro atoms. The number of hydroxylamine groups is 2. The van der Waals surface area contributed by atoms with E-state index in [2.05, 4.69) is 15.4 Å². The maximum atomic E-state index is 12.1. The number of benzene rings is 2. The second-order valence-electron chi connectivity index (χ2n) is 12.8. The molecule has 2 rings (SSSR count). The normalized spacial score (nSPS) is 12.1. The van der Waals surface area contributed by atoms with E-state index in [1.807, 2.05) is 19.1 Å². The monoisotopic (exact) mass is 729 g/mol. The van der Waals surface area contributed by atoms with Crippen LogP contribution in [0.5, 0.6) is 0 Å². The number of aliphatic carboxylic acids is 1. The fraction of sp³-hybridized carbons (Fsp3) is 0.543. The molecule has 2 aromatic rings. The smallest absolute Gasteiger partial charge is 0.407 e. The number of amides is 3. The predicted molar refractivity (Wildman–Crippen MR) is 191 cm³/mol. The minimum absolute atomic E-state index is 0.0895. The first kappa shape index (κ1) is 45.4. The Morgan fingerprint density at radius 3 is 1.37 bits per heavy atom. The van der Waals surface area contributed by atoms with Crippen molar-refractivity contribution in [1.82, 2.24) is 15.7 Å². The molecule has 3 amide bonds. The summed E-state index contributed by atoms with van der Waals surface area (Å²) < 4.78 is 15.0. The van der Waals surface area contributed by atoms with Gasteiger partial charge in [-0.25, -0.2) is 14.7 Å². The number of rotatable bonds is 12. The van der Waals surface area contributed by atoms with Gasteiger partial charge < -0.3 is 30.0 Å². The molecule has 14 heteroatoms. The molecule has 0 saturated heterocycles. The molecule has 0 saturated carbocycles. The Bertz CT molecular complexity index is 1280. The summed E-state index contributed by atoms with van der Waals surface area (Å²) in [6.45, 7) is 13.4. The topological polar surface area (TPSA) is 153 Å². The lowest BCUT2D eigenvalue weighted by Gasteiger charge is -2.24. The summed E-state index contributed by atoms with van der Waals surface area (Å²) in [5, 5.41) is 16.6. The van der Waals surface area contributed by atoms with Gasteiger partial charge in [-0.15, -0.1) is 0 Å². The second-order valence-corrected chi connectivity index (χ2v) is 13.7. The van der Waals surface area contributed by atoms with Crippen LogP contribution < -0.4 is 10.6 Å². The number of hydrogen-bond donors (Lipinski definition) is 3. The second kappa shape index (κ2) is 22.9. The molecule has 0 fully saturated rings. The lowest BCUT2D eigenvalue weighted by atomic mass is 10.0. The quantitative estimate of drug-likeness (QED) is 0.194. The van der Waals surface area contributed by atoms with Gasteiger partial charge in [0.1, 0.15) is 11.2 Å². The number of carbonyl (C=O) groups is 4. The van der Waals surface area contributed by atoms with Gasteiger partial charge in [0.2, 0.25) is 5.91 Å². The van der Waals surface area contributed by atoms with Crippen molar-refractivity contribution in [3.8, 4) is 0 Å². The van der Waals surface area contributed by atoms with Crippen molar-refractivity contribution in [3.05, 3.63) is 69.7 Å². The number of halogens is 2.